The molecule has 2 rings (SSSR count). The highest BCUT2D eigenvalue weighted by atomic mass is 35.5. The van der Waals surface area contributed by atoms with E-state index >= 15 is 0 Å². The number of hydrogen-bond donors (Lipinski definition) is 3. The van der Waals surface area contributed by atoms with E-state index in [-0.39, 0.29) is 16.5 Å². The number of sulfonamides is 1. The van der Waals surface area contributed by atoms with Crippen molar-refractivity contribution >= 4 is 27.3 Å². The van der Waals surface area contributed by atoms with Crippen molar-refractivity contribution in [2.75, 3.05) is 12.3 Å². The molecule has 0 radical (unpaired) electrons. The lowest BCUT2D eigenvalue weighted by molar-refractivity contribution is 0.259. The van der Waals surface area contributed by atoms with Crippen LogP contribution in [0.15, 0.2) is 53.4 Å². The number of anilines is 1. The first-order chi connectivity index (χ1) is 9.94. The van der Waals surface area contributed by atoms with Gasteiger partial charge in [-0.2, -0.15) is 0 Å². The Bertz CT molecular complexity index is 720. The Morgan fingerprint density at radius 1 is 1.19 bits per heavy atom. The molecule has 0 amide bonds. The SMILES string of the molecule is Nc1ccc(S(=O)(=O)N[C@@H](CO)c2ccccc2)c(Cl)c1. The van der Waals surface area contributed by atoms with E-state index in [2.05, 4.69) is 4.72 Å². The molecule has 5 nitrogen and oxygen atoms in total. The molecule has 0 fully saturated rings. The van der Waals surface area contributed by atoms with Crippen LogP contribution in [0.3, 0.4) is 0 Å². The van der Waals surface area contributed by atoms with Gasteiger partial charge < -0.3 is 10.8 Å². The standard InChI is InChI=1S/C14H15ClN2O3S/c15-12-8-11(16)6-7-14(12)21(19,20)17-13(9-18)10-4-2-1-3-5-10/h1-8,13,17-18H,9,16H2/t13-/m0/s1. The maximum absolute atomic E-state index is 12.4. The van der Waals surface area contributed by atoms with Crippen LogP contribution in [-0.4, -0.2) is 20.1 Å². The zero-order valence-electron chi connectivity index (χ0n) is 11.0. The van der Waals surface area contributed by atoms with E-state index in [0.29, 0.717) is 11.3 Å². The van der Waals surface area contributed by atoms with Crippen LogP contribution in [0.25, 0.3) is 0 Å². The van der Waals surface area contributed by atoms with Crippen LogP contribution in [-0.2, 0) is 10.0 Å². The summed E-state index contributed by atoms with van der Waals surface area (Å²) in [6.45, 7) is -0.365. The van der Waals surface area contributed by atoms with Gasteiger partial charge in [-0.05, 0) is 23.8 Å². The van der Waals surface area contributed by atoms with Crippen molar-refractivity contribution in [1.29, 1.82) is 0 Å². The second-order valence-electron chi connectivity index (χ2n) is 4.46. The first kappa shape index (κ1) is 15.8. The molecule has 0 aliphatic rings. The maximum Gasteiger partial charge on any atom is 0.242 e. The van der Waals surface area contributed by atoms with E-state index in [0.717, 1.165) is 0 Å². The number of aliphatic hydroxyl groups excluding tert-OH is 1. The van der Waals surface area contributed by atoms with E-state index < -0.39 is 16.1 Å². The Labute approximate surface area is 128 Å². The summed E-state index contributed by atoms with van der Waals surface area (Å²) in [4.78, 5) is -0.0762. The van der Waals surface area contributed by atoms with Gasteiger partial charge in [0.05, 0.1) is 17.7 Å². The minimum absolute atomic E-state index is 0.0345. The van der Waals surface area contributed by atoms with Crippen LogP contribution in [0.5, 0.6) is 0 Å². The van der Waals surface area contributed by atoms with Crippen molar-refractivity contribution in [3.8, 4) is 0 Å². The number of benzene rings is 2. The summed E-state index contributed by atoms with van der Waals surface area (Å²) in [5.41, 5.74) is 6.59. The molecule has 2 aromatic rings. The van der Waals surface area contributed by atoms with E-state index in [1.807, 2.05) is 6.07 Å². The third-order valence-corrected chi connectivity index (χ3v) is 4.88. The van der Waals surface area contributed by atoms with Gasteiger partial charge in [-0.15, -0.1) is 0 Å². The van der Waals surface area contributed by atoms with E-state index in [1.54, 1.807) is 24.3 Å². The fourth-order valence-corrected chi connectivity index (χ4v) is 3.65. The van der Waals surface area contributed by atoms with Crippen molar-refractivity contribution in [3.63, 3.8) is 0 Å². The molecule has 0 unspecified atom stereocenters. The summed E-state index contributed by atoms with van der Waals surface area (Å²) in [5, 5.41) is 9.46. The third-order valence-electron chi connectivity index (χ3n) is 2.93. The monoisotopic (exact) mass is 326 g/mol. The largest absolute Gasteiger partial charge is 0.399 e. The molecule has 0 bridgehead atoms. The minimum atomic E-state index is -3.86. The predicted octanol–water partition coefficient (Wildman–Crippen LogP) is 1.93. The molecule has 0 saturated carbocycles. The molecule has 1 atom stereocenters. The van der Waals surface area contributed by atoms with Crippen molar-refractivity contribution in [2.24, 2.45) is 0 Å². The fraction of sp³-hybridized carbons (Fsp3) is 0.143. The molecule has 0 aliphatic carbocycles. The third kappa shape index (κ3) is 3.74. The normalized spacial score (nSPS) is 13.0. The molecule has 0 spiro atoms. The van der Waals surface area contributed by atoms with Gasteiger partial charge >= 0.3 is 0 Å². The van der Waals surface area contributed by atoms with Gasteiger partial charge in [0.25, 0.3) is 0 Å². The van der Waals surface area contributed by atoms with Crippen molar-refractivity contribution in [2.45, 2.75) is 10.9 Å². The van der Waals surface area contributed by atoms with Crippen LogP contribution < -0.4 is 10.5 Å². The lowest BCUT2D eigenvalue weighted by Gasteiger charge is -2.17. The van der Waals surface area contributed by atoms with Gasteiger partial charge in [-0.1, -0.05) is 41.9 Å². The quantitative estimate of drug-likeness (QED) is 0.732. The Morgan fingerprint density at radius 3 is 2.43 bits per heavy atom. The molecule has 0 aliphatic heterocycles. The molecule has 2 aromatic carbocycles. The van der Waals surface area contributed by atoms with Gasteiger partial charge in [0.1, 0.15) is 4.90 Å². The second kappa shape index (κ2) is 6.44. The highest BCUT2D eigenvalue weighted by molar-refractivity contribution is 7.89. The Morgan fingerprint density at radius 2 is 1.86 bits per heavy atom. The first-order valence-electron chi connectivity index (χ1n) is 6.17. The average molecular weight is 327 g/mol. The van der Waals surface area contributed by atoms with Crippen LogP contribution in [0.1, 0.15) is 11.6 Å². The number of nitrogens with one attached hydrogen (secondary N) is 1. The number of halogens is 1. The topological polar surface area (TPSA) is 92.4 Å². The summed E-state index contributed by atoms with van der Waals surface area (Å²) in [5.74, 6) is 0. The van der Waals surface area contributed by atoms with Crippen molar-refractivity contribution in [3.05, 3.63) is 59.1 Å². The highest BCUT2D eigenvalue weighted by Gasteiger charge is 2.23. The molecule has 112 valence electrons. The van der Waals surface area contributed by atoms with Gasteiger partial charge in [0, 0.05) is 5.69 Å². The zero-order chi connectivity index (χ0) is 15.5. The second-order valence-corrected chi connectivity index (χ2v) is 6.55. The molecular weight excluding hydrogens is 312 g/mol. The van der Waals surface area contributed by atoms with Crippen LogP contribution in [0.4, 0.5) is 5.69 Å². The van der Waals surface area contributed by atoms with Crippen LogP contribution >= 0.6 is 11.6 Å². The summed E-state index contributed by atoms with van der Waals surface area (Å²) < 4.78 is 27.2. The van der Waals surface area contributed by atoms with E-state index in [9.17, 15) is 13.5 Å². The predicted molar refractivity (Wildman–Crippen MR) is 82.5 cm³/mol. The Kier molecular flexibility index (Phi) is 4.84. The molecule has 0 saturated heterocycles. The maximum atomic E-state index is 12.4. The Balaban J connectivity index is 2.32. The lowest BCUT2D eigenvalue weighted by atomic mass is 10.1. The number of nitrogens with two attached hydrogens (primary N) is 1. The number of rotatable bonds is 5. The van der Waals surface area contributed by atoms with Gasteiger partial charge in [-0.3, -0.25) is 0 Å². The molecule has 21 heavy (non-hydrogen) atoms. The van der Waals surface area contributed by atoms with Crippen LogP contribution in [0, 0.1) is 0 Å². The summed E-state index contributed by atoms with van der Waals surface area (Å²) in [6.07, 6.45) is 0. The van der Waals surface area contributed by atoms with Crippen LogP contribution in [0.2, 0.25) is 5.02 Å². The zero-order valence-corrected chi connectivity index (χ0v) is 12.6. The average Bonchev–Trinajstić information content (AvgIpc) is 2.45. The molecule has 0 heterocycles. The molecule has 0 aromatic heterocycles. The number of hydrogen-bond acceptors (Lipinski definition) is 4. The van der Waals surface area contributed by atoms with Gasteiger partial charge in [0.15, 0.2) is 0 Å². The van der Waals surface area contributed by atoms with Crippen molar-refractivity contribution < 1.29 is 13.5 Å². The number of nitrogen functional groups attached to an aromatic ring is 1. The summed E-state index contributed by atoms with van der Waals surface area (Å²) >= 11 is 5.93. The summed E-state index contributed by atoms with van der Waals surface area (Å²) in [7, 11) is -3.86. The van der Waals surface area contributed by atoms with E-state index in [1.165, 1.54) is 18.2 Å². The minimum Gasteiger partial charge on any atom is -0.399 e. The fourth-order valence-electron chi connectivity index (χ4n) is 1.88. The van der Waals surface area contributed by atoms with Gasteiger partial charge in [-0.25, -0.2) is 13.1 Å². The van der Waals surface area contributed by atoms with Gasteiger partial charge in [0.2, 0.25) is 10.0 Å². The van der Waals surface area contributed by atoms with Crippen molar-refractivity contribution in [1.82, 2.24) is 4.72 Å². The first-order valence-corrected chi connectivity index (χ1v) is 8.03. The molecule has 4 N–H and O–H groups in total. The smallest absolute Gasteiger partial charge is 0.242 e. The molecular formula is C14H15ClN2O3S. The summed E-state index contributed by atoms with van der Waals surface area (Å²) in [6, 6.07) is 12.2. The van der Waals surface area contributed by atoms with E-state index in [4.69, 9.17) is 17.3 Å². The molecule has 7 heteroatoms. The lowest BCUT2D eigenvalue weighted by Crippen LogP contribution is -2.31. The number of aliphatic hydroxyl groups is 1. The highest BCUT2D eigenvalue weighted by Crippen LogP contribution is 2.25. The Hall–Kier alpha value is -1.60.